The molecule has 1 aromatic carbocycles. The maximum atomic E-state index is 11.9. The lowest BCUT2D eigenvalue weighted by Gasteiger charge is -2.02. The number of methoxy groups -OCH3 is 1. The SMILES string of the molecule is COc1cccc(-c2nnc(SCC(=O)Nc3ccncc3)o2)c1. The minimum atomic E-state index is -0.160. The fourth-order valence-electron chi connectivity index (χ4n) is 1.90. The Morgan fingerprint density at radius 1 is 1.25 bits per heavy atom. The summed E-state index contributed by atoms with van der Waals surface area (Å²) in [6.07, 6.45) is 3.22. The molecule has 24 heavy (non-hydrogen) atoms. The van der Waals surface area contributed by atoms with Crippen LogP contribution in [0.15, 0.2) is 58.4 Å². The summed E-state index contributed by atoms with van der Waals surface area (Å²) in [6.45, 7) is 0. The van der Waals surface area contributed by atoms with Crippen molar-refractivity contribution in [2.75, 3.05) is 18.2 Å². The second-order valence-corrected chi connectivity index (χ2v) is 5.60. The number of ether oxygens (including phenoxy) is 1. The van der Waals surface area contributed by atoms with Gasteiger partial charge in [0.25, 0.3) is 5.22 Å². The van der Waals surface area contributed by atoms with Gasteiger partial charge >= 0.3 is 0 Å². The molecule has 0 atom stereocenters. The lowest BCUT2D eigenvalue weighted by atomic mass is 10.2. The molecule has 0 bridgehead atoms. The molecule has 3 rings (SSSR count). The highest BCUT2D eigenvalue weighted by molar-refractivity contribution is 7.99. The van der Waals surface area contributed by atoms with Crippen molar-refractivity contribution in [3.05, 3.63) is 48.8 Å². The number of benzene rings is 1. The number of amides is 1. The number of thioether (sulfide) groups is 1. The summed E-state index contributed by atoms with van der Waals surface area (Å²) in [5.74, 6) is 1.09. The van der Waals surface area contributed by atoms with E-state index in [0.29, 0.717) is 22.6 Å². The highest BCUT2D eigenvalue weighted by Crippen LogP contribution is 2.25. The molecule has 1 amide bonds. The smallest absolute Gasteiger partial charge is 0.277 e. The van der Waals surface area contributed by atoms with Gasteiger partial charge in [0, 0.05) is 23.6 Å². The van der Waals surface area contributed by atoms with E-state index in [1.807, 2.05) is 18.2 Å². The van der Waals surface area contributed by atoms with E-state index in [0.717, 1.165) is 5.56 Å². The van der Waals surface area contributed by atoms with Crippen LogP contribution in [0.5, 0.6) is 5.75 Å². The van der Waals surface area contributed by atoms with Crippen LogP contribution in [0.2, 0.25) is 0 Å². The molecule has 122 valence electrons. The highest BCUT2D eigenvalue weighted by Gasteiger charge is 2.12. The van der Waals surface area contributed by atoms with Gasteiger partial charge in [-0.3, -0.25) is 9.78 Å². The molecule has 8 heteroatoms. The van der Waals surface area contributed by atoms with E-state index in [1.54, 1.807) is 37.7 Å². The standard InChI is InChI=1S/C16H14N4O3S/c1-22-13-4-2-3-11(9-13)15-19-20-16(23-15)24-10-14(21)18-12-5-7-17-8-6-12/h2-9H,10H2,1H3,(H,17,18,21). The largest absolute Gasteiger partial charge is 0.497 e. The zero-order valence-corrected chi connectivity index (χ0v) is 13.6. The molecule has 0 aliphatic carbocycles. The predicted molar refractivity (Wildman–Crippen MR) is 89.9 cm³/mol. The summed E-state index contributed by atoms with van der Waals surface area (Å²) < 4.78 is 10.7. The van der Waals surface area contributed by atoms with Gasteiger partial charge in [0.15, 0.2) is 0 Å². The average Bonchev–Trinajstić information content (AvgIpc) is 3.10. The van der Waals surface area contributed by atoms with Crippen molar-refractivity contribution >= 4 is 23.4 Å². The molecule has 1 N–H and O–H groups in total. The molecule has 0 aliphatic heterocycles. The number of hydrogen-bond donors (Lipinski definition) is 1. The molecule has 0 saturated heterocycles. The van der Waals surface area contributed by atoms with Gasteiger partial charge in [-0.25, -0.2) is 0 Å². The van der Waals surface area contributed by atoms with E-state index in [9.17, 15) is 4.79 Å². The van der Waals surface area contributed by atoms with Gasteiger partial charge in [-0.1, -0.05) is 17.8 Å². The number of carbonyl (C=O) groups excluding carboxylic acids is 1. The van der Waals surface area contributed by atoms with Gasteiger partial charge in [0.2, 0.25) is 11.8 Å². The van der Waals surface area contributed by atoms with Crippen molar-refractivity contribution in [2.24, 2.45) is 0 Å². The van der Waals surface area contributed by atoms with Crippen LogP contribution >= 0.6 is 11.8 Å². The zero-order valence-electron chi connectivity index (χ0n) is 12.8. The maximum absolute atomic E-state index is 11.9. The van der Waals surface area contributed by atoms with Gasteiger partial charge < -0.3 is 14.5 Å². The Bertz CT molecular complexity index is 823. The number of anilines is 1. The predicted octanol–water partition coefficient (Wildman–Crippen LogP) is 2.87. The van der Waals surface area contributed by atoms with Crippen molar-refractivity contribution in [2.45, 2.75) is 5.22 Å². The lowest BCUT2D eigenvalue weighted by molar-refractivity contribution is -0.113. The van der Waals surface area contributed by atoms with Gasteiger partial charge in [-0.05, 0) is 30.3 Å². The monoisotopic (exact) mass is 342 g/mol. The molecular formula is C16H14N4O3S. The minimum Gasteiger partial charge on any atom is -0.497 e. The second-order valence-electron chi connectivity index (χ2n) is 4.68. The molecule has 2 aromatic heterocycles. The highest BCUT2D eigenvalue weighted by atomic mass is 32.2. The van der Waals surface area contributed by atoms with Crippen molar-refractivity contribution in [3.8, 4) is 17.2 Å². The fourth-order valence-corrected chi connectivity index (χ4v) is 2.46. The molecule has 0 aliphatic rings. The number of pyridine rings is 1. The quantitative estimate of drug-likeness (QED) is 0.689. The summed E-state index contributed by atoms with van der Waals surface area (Å²) in [7, 11) is 1.59. The minimum absolute atomic E-state index is 0.160. The first-order valence-corrected chi connectivity index (χ1v) is 8.04. The Hall–Kier alpha value is -2.87. The summed E-state index contributed by atoms with van der Waals surface area (Å²) in [4.78, 5) is 15.8. The first-order chi connectivity index (χ1) is 11.7. The summed E-state index contributed by atoms with van der Waals surface area (Å²) in [5.41, 5.74) is 1.45. The lowest BCUT2D eigenvalue weighted by Crippen LogP contribution is -2.13. The van der Waals surface area contributed by atoms with Crippen LogP contribution in [0.1, 0.15) is 0 Å². The van der Waals surface area contributed by atoms with Crippen molar-refractivity contribution in [1.82, 2.24) is 15.2 Å². The number of nitrogens with zero attached hydrogens (tertiary/aromatic N) is 3. The number of aromatic nitrogens is 3. The maximum Gasteiger partial charge on any atom is 0.277 e. The second kappa shape index (κ2) is 7.60. The Morgan fingerprint density at radius 3 is 2.88 bits per heavy atom. The third-order valence-corrected chi connectivity index (χ3v) is 3.83. The van der Waals surface area contributed by atoms with E-state index < -0.39 is 0 Å². The van der Waals surface area contributed by atoms with Crippen molar-refractivity contribution in [3.63, 3.8) is 0 Å². The zero-order chi connectivity index (χ0) is 16.8. The van der Waals surface area contributed by atoms with Crippen LogP contribution in [0.3, 0.4) is 0 Å². The third kappa shape index (κ3) is 4.11. The summed E-state index contributed by atoms with van der Waals surface area (Å²) in [6, 6.07) is 10.8. The summed E-state index contributed by atoms with van der Waals surface area (Å²) in [5, 5.41) is 11.0. The van der Waals surface area contributed by atoms with Crippen LogP contribution < -0.4 is 10.1 Å². The van der Waals surface area contributed by atoms with Gasteiger partial charge in [0.1, 0.15) is 5.75 Å². The molecule has 0 radical (unpaired) electrons. The van der Waals surface area contributed by atoms with Crippen LogP contribution in [0, 0.1) is 0 Å². The molecular weight excluding hydrogens is 328 g/mol. The Balaban J connectivity index is 1.59. The van der Waals surface area contributed by atoms with Crippen LogP contribution in [0.4, 0.5) is 5.69 Å². The molecule has 0 fully saturated rings. The third-order valence-electron chi connectivity index (χ3n) is 3.01. The number of rotatable bonds is 6. The number of nitrogens with one attached hydrogen (secondary N) is 1. The van der Waals surface area contributed by atoms with Crippen LogP contribution in [-0.4, -0.2) is 34.0 Å². The van der Waals surface area contributed by atoms with E-state index in [-0.39, 0.29) is 11.7 Å². The molecule has 0 unspecified atom stereocenters. The van der Waals surface area contributed by atoms with Gasteiger partial charge in [-0.15, -0.1) is 10.2 Å². The molecule has 0 saturated carbocycles. The Labute approximate surface area is 142 Å². The Morgan fingerprint density at radius 2 is 2.08 bits per heavy atom. The van der Waals surface area contributed by atoms with Crippen LogP contribution in [-0.2, 0) is 4.79 Å². The van der Waals surface area contributed by atoms with E-state index in [2.05, 4.69) is 20.5 Å². The Kier molecular flexibility index (Phi) is 5.07. The number of hydrogen-bond acceptors (Lipinski definition) is 7. The van der Waals surface area contributed by atoms with Crippen molar-refractivity contribution in [1.29, 1.82) is 0 Å². The molecule has 3 aromatic rings. The first kappa shape index (κ1) is 16.0. The fraction of sp³-hybridized carbons (Fsp3) is 0.125. The van der Waals surface area contributed by atoms with Crippen molar-refractivity contribution < 1.29 is 13.9 Å². The molecule has 0 spiro atoms. The van der Waals surface area contributed by atoms with E-state index >= 15 is 0 Å². The van der Waals surface area contributed by atoms with Crippen LogP contribution in [0.25, 0.3) is 11.5 Å². The van der Waals surface area contributed by atoms with E-state index in [4.69, 9.17) is 9.15 Å². The van der Waals surface area contributed by atoms with E-state index in [1.165, 1.54) is 11.8 Å². The van der Waals surface area contributed by atoms with Gasteiger partial charge in [-0.2, -0.15) is 0 Å². The topological polar surface area (TPSA) is 90.1 Å². The molecule has 2 heterocycles. The van der Waals surface area contributed by atoms with Gasteiger partial charge in [0.05, 0.1) is 12.9 Å². The summed E-state index contributed by atoms with van der Waals surface area (Å²) >= 11 is 1.17. The average molecular weight is 342 g/mol. The molecule has 7 nitrogen and oxygen atoms in total. The number of carbonyl (C=O) groups is 1. The normalized spacial score (nSPS) is 10.4. The first-order valence-electron chi connectivity index (χ1n) is 7.05.